The van der Waals surface area contributed by atoms with Crippen LogP contribution in [0.3, 0.4) is 0 Å². The monoisotopic (exact) mass is 766 g/mol. The summed E-state index contributed by atoms with van der Waals surface area (Å²) in [5.74, 6) is 1.55. The number of unbranched alkanes of at least 4 members (excludes halogenated alkanes) is 20. The van der Waals surface area contributed by atoms with Gasteiger partial charge in [-0.05, 0) is 91.3 Å². The first-order valence-electron chi connectivity index (χ1n) is 21.8. The van der Waals surface area contributed by atoms with Gasteiger partial charge in [0.15, 0.2) is 10.2 Å². The fourth-order valence-electron chi connectivity index (χ4n) is 6.27. The molecule has 0 aliphatic rings. The van der Waals surface area contributed by atoms with Crippen molar-refractivity contribution in [2.75, 3.05) is 32.1 Å². The molecule has 0 aromatic heterocycles. The van der Waals surface area contributed by atoms with Gasteiger partial charge in [-0.25, -0.2) is 0 Å². The number of rotatable bonds is 39. The van der Waals surface area contributed by atoms with Gasteiger partial charge in [-0.3, -0.25) is 14.4 Å². The summed E-state index contributed by atoms with van der Waals surface area (Å²) in [5.41, 5.74) is 0. The maximum atomic E-state index is 12.6. The van der Waals surface area contributed by atoms with Crippen molar-refractivity contribution in [3.05, 3.63) is 24.3 Å². The fourth-order valence-corrected chi connectivity index (χ4v) is 7.69. The van der Waals surface area contributed by atoms with Crippen LogP contribution >= 0.6 is 23.5 Å². The second-order valence-electron chi connectivity index (χ2n) is 15.1. The molecule has 0 atom stereocenters. The Morgan fingerprint density at radius 3 is 1.35 bits per heavy atom. The highest BCUT2D eigenvalue weighted by Crippen LogP contribution is 2.19. The van der Waals surface area contributed by atoms with E-state index in [-0.39, 0.29) is 12.1 Å². The van der Waals surface area contributed by atoms with E-state index < -0.39 is 0 Å². The van der Waals surface area contributed by atoms with Crippen LogP contribution in [0.25, 0.3) is 0 Å². The molecule has 0 amide bonds. The smallest absolute Gasteiger partial charge is 0.306 e. The number of thioether (sulfide) groups is 2. The van der Waals surface area contributed by atoms with E-state index in [0.717, 1.165) is 114 Å². The summed E-state index contributed by atoms with van der Waals surface area (Å²) in [7, 11) is 4.06. The van der Waals surface area contributed by atoms with Crippen LogP contribution in [0.15, 0.2) is 24.3 Å². The normalized spacial score (nSPS) is 12.4. The molecule has 0 unspecified atom stereocenters. The summed E-state index contributed by atoms with van der Waals surface area (Å²) in [4.78, 5) is 39.2. The van der Waals surface area contributed by atoms with Crippen LogP contribution in [0.2, 0.25) is 0 Å². The highest BCUT2D eigenvalue weighted by molar-refractivity contribution is 8.14. The van der Waals surface area contributed by atoms with E-state index in [1.54, 1.807) is 0 Å². The third kappa shape index (κ3) is 40.1. The summed E-state index contributed by atoms with van der Waals surface area (Å²) >= 11 is 2.93. The van der Waals surface area contributed by atoms with Crippen LogP contribution in [0.4, 0.5) is 0 Å². The Morgan fingerprint density at radius 2 is 0.904 bits per heavy atom. The van der Waals surface area contributed by atoms with Crippen molar-refractivity contribution < 1.29 is 19.1 Å². The number of hydrogen-bond donors (Lipinski definition) is 0. The van der Waals surface area contributed by atoms with Crippen molar-refractivity contribution in [2.24, 2.45) is 0 Å². The van der Waals surface area contributed by atoms with Gasteiger partial charge >= 0.3 is 5.97 Å². The lowest BCUT2D eigenvalue weighted by atomic mass is 10.0. The summed E-state index contributed by atoms with van der Waals surface area (Å²) in [6.45, 7) is 5.41. The van der Waals surface area contributed by atoms with Crippen molar-refractivity contribution in [1.82, 2.24) is 4.90 Å². The van der Waals surface area contributed by atoms with Crippen molar-refractivity contribution in [3.63, 3.8) is 0 Å². The van der Waals surface area contributed by atoms with E-state index in [0.29, 0.717) is 29.5 Å². The quantitative estimate of drug-likeness (QED) is 0.0351. The zero-order valence-corrected chi connectivity index (χ0v) is 36.3. The molecule has 0 aliphatic heterocycles. The van der Waals surface area contributed by atoms with Gasteiger partial charge in [-0.1, -0.05) is 164 Å². The van der Waals surface area contributed by atoms with Gasteiger partial charge in [-0.15, -0.1) is 0 Å². The number of ether oxygens (including phenoxy) is 1. The van der Waals surface area contributed by atoms with E-state index >= 15 is 0 Å². The molecule has 0 rings (SSSR count). The molecule has 0 aromatic rings. The second kappa shape index (κ2) is 41.1. The van der Waals surface area contributed by atoms with E-state index in [4.69, 9.17) is 4.74 Å². The summed E-state index contributed by atoms with van der Waals surface area (Å²) in [5, 5.41) is 0.635. The molecular weight excluding hydrogens is 683 g/mol. The maximum Gasteiger partial charge on any atom is 0.306 e. The van der Waals surface area contributed by atoms with Crippen molar-refractivity contribution in [2.45, 2.75) is 213 Å². The van der Waals surface area contributed by atoms with Gasteiger partial charge in [0.25, 0.3) is 0 Å². The second-order valence-corrected chi connectivity index (χ2v) is 17.2. The summed E-state index contributed by atoms with van der Waals surface area (Å²) < 4.78 is 5.96. The van der Waals surface area contributed by atoms with Gasteiger partial charge in [0.2, 0.25) is 0 Å². The van der Waals surface area contributed by atoms with Gasteiger partial charge in [0, 0.05) is 30.8 Å². The molecule has 52 heavy (non-hydrogen) atoms. The molecule has 0 radical (unpaired) electrons. The van der Waals surface area contributed by atoms with Crippen molar-refractivity contribution in [1.29, 1.82) is 0 Å². The van der Waals surface area contributed by atoms with Crippen LogP contribution in [0.5, 0.6) is 0 Å². The molecule has 0 aromatic carbocycles. The summed E-state index contributed by atoms with van der Waals surface area (Å²) in [6.07, 6.45) is 42.3. The fraction of sp³-hybridized carbons (Fsp3) is 0.844. The number of carbonyl (C=O) groups is 3. The molecular formula is C45H83NO4S2. The number of hydrogen-bond acceptors (Lipinski definition) is 7. The lowest BCUT2D eigenvalue weighted by Gasteiger charge is -2.18. The highest BCUT2D eigenvalue weighted by Gasteiger charge is 2.14. The standard InChI is InChI=1S/C45H83NO4S2/c1-5-7-9-11-13-15-17-25-31-40-51-44(48)37-29-23-19-21-27-34-42(50-43(47)36-33-39-46(3)4)35-28-22-20-24-30-38-45(49)52-41-32-26-18-16-14-12-10-8-6-2/h25-26,31-32,42H,5-24,27-30,33-41H2,1-4H3. The molecule has 0 fully saturated rings. The van der Waals surface area contributed by atoms with Crippen LogP contribution < -0.4 is 0 Å². The maximum absolute atomic E-state index is 12.6. The minimum absolute atomic E-state index is 0.00559. The third-order valence-corrected chi connectivity index (χ3v) is 11.3. The molecule has 7 heteroatoms. The number of carbonyl (C=O) groups excluding carboxylic acids is 3. The number of allylic oxidation sites excluding steroid dienone is 2. The zero-order valence-electron chi connectivity index (χ0n) is 34.6. The largest absolute Gasteiger partial charge is 0.462 e. The Kier molecular flexibility index (Phi) is 40.3. The van der Waals surface area contributed by atoms with Gasteiger partial charge in [-0.2, -0.15) is 0 Å². The van der Waals surface area contributed by atoms with Gasteiger partial charge in [0.1, 0.15) is 6.10 Å². The zero-order chi connectivity index (χ0) is 38.2. The highest BCUT2D eigenvalue weighted by atomic mass is 32.2. The first kappa shape index (κ1) is 51.0. The lowest BCUT2D eigenvalue weighted by Crippen LogP contribution is -2.20. The minimum Gasteiger partial charge on any atom is -0.462 e. The van der Waals surface area contributed by atoms with E-state index in [1.165, 1.54) is 101 Å². The molecule has 0 saturated heterocycles. The molecule has 5 nitrogen and oxygen atoms in total. The average molecular weight is 766 g/mol. The minimum atomic E-state index is -0.0617. The van der Waals surface area contributed by atoms with E-state index in [1.807, 2.05) is 14.1 Å². The predicted molar refractivity (Wildman–Crippen MR) is 232 cm³/mol. The SMILES string of the molecule is CCCCCCCCC=CCSC(=O)CCCCCCCC(CCCCCCCC(=O)SCC=CCCCCCCCC)OC(=O)CCCN(C)C. The first-order valence-corrected chi connectivity index (χ1v) is 23.8. The average Bonchev–Trinajstić information content (AvgIpc) is 3.12. The van der Waals surface area contributed by atoms with E-state index in [2.05, 4.69) is 43.1 Å². The molecule has 0 spiro atoms. The summed E-state index contributed by atoms with van der Waals surface area (Å²) in [6, 6.07) is 0. The van der Waals surface area contributed by atoms with Gasteiger partial charge in [0.05, 0.1) is 0 Å². The predicted octanol–water partition coefficient (Wildman–Crippen LogP) is 13.8. The van der Waals surface area contributed by atoms with E-state index in [9.17, 15) is 14.4 Å². The van der Waals surface area contributed by atoms with Crippen LogP contribution in [0, 0.1) is 0 Å². The van der Waals surface area contributed by atoms with Crippen LogP contribution in [-0.2, 0) is 19.1 Å². The van der Waals surface area contributed by atoms with Crippen molar-refractivity contribution in [3.8, 4) is 0 Å². The van der Waals surface area contributed by atoms with Crippen molar-refractivity contribution >= 4 is 39.7 Å². The molecule has 0 N–H and O–H groups in total. The molecule has 0 bridgehead atoms. The molecule has 0 aliphatic carbocycles. The topological polar surface area (TPSA) is 63.7 Å². The number of esters is 1. The Morgan fingerprint density at radius 1 is 0.500 bits per heavy atom. The molecule has 304 valence electrons. The third-order valence-electron chi connectivity index (χ3n) is 9.56. The Labute approximate surface area is 331 Å². The Hall–Kier alpha value is -1.05. The molecule has 0 saturated carbocycles. The number of nitrogens with zero attached hydrogens (tertiary/aromatic N) is 1. The van der Waals surface area contributed by atoms with Crippen LogP contribution in [0.1, 0.15) is 206 Å². The Bertz CT molecular complexity index is 819. The van der Waals surface area contributed by atoms with Crippen LogP contribution in [-0.4, -0.2) is 59.3 Å². The lowest BCUT2D eigenvalue weighted by molar-refractivity contribution is -0.150. The van der Waals surface area contributed by atoms with Gasteiger partial charge < -0.3 is 9.64 Å². The first-order chi connectivity index (χ1) is 25.4. The Balaban J connectivity index is 4.08. The molecule has 0 heterocycles.